The van der Waals surface area contributed by atoms with Gasteiger partial charge < -0.3 is 25.7 Å². The number of carbonyl (C=O) groups excluding carboxylic acids is 2. The average molecular weight is 500 g/mol. The number of fused-ring (bicyclic) bond motifs is 1. The minimum Gasteiger partial charge on any atom is -0.477 e. The number of thiazole rings is 1. The van der Waals surface area contributed by atoms with E-state index in [1.165, 1.54) is 23.8 Å². The van der Waals surface area contributed by atoms with Crippen LogP contribution in [0.1, 0.15) is 12.1 Å². The van der Waals surface area contributed by atoms with Crippen LogP contribution < -0.4 is 11.1 Å². The number of nitrogens with one attached hydrogen (secondary N) is 1. The first-order valence-electron chi connectivity index (χ1n) is 9.53. The Bertz CT molecular complexity index is 1020. The van der Waals surface area contributed by atoms with Gasteiger partial charge in [0.25, 0.3) is 11.8 Å². The summed E-state index contributed by atoms with van der Waals surface area (Å²) in [6.45, 7) is 1.01. The van der Waals surface area contributed by atoms with Gasteiger partial charge in [-0.25, -0.2) is 9.78 Å². The molecule has 0 radical (unpaired) electrons. The maximum absolute atomic E-state index is 13.3. The predicted molar refractivity (Wildman–Crippen MR) is 121 cm³/mol. The van der Waals surface area contributed by atoms with E-state index in [1.807, 2.05) is 0 Å². The fourth-order valence-corrected chi connectivity index (χ4v) is 7.21. The number of aliphatic carboxylic acids is 1. The number of nitrogens with zero attached hydrogens (tertiary/aromatic N) is 3. The van der Waals surface area contributed by atoms with Crippen molar-refractivity contribution in [2.24, 2.45) is 11.1 Å². The molecule has 3 aliphatic heterocycles. The van der Waals surface area contributed by atoms with Crippen molar-refractivity contribution in [3.05, 3.63) is 22.3 Å². The molecule has 32 heavy (non-hydrogen) atoms. The van der Waals surface area contributed by atoms with Crippen molar-refractivity contribution in [1.82, 2.24) is 15.2 Å². The second-order valence-corrected chi connectivity index (χ2v) is 10.2. The lowest BCUT2D eigenvalue weighted by Gasteiger charge is -2.56. The van der Waals surface area contributed by atoms with Gasteiger partial charge in [-0.2, -0.15) is 0 Å². The van der Waals surface area contributed by atoms with Crippen LogP contribution in [-0.2, 0) is 24.0 Å². The second kappa shape index (κ2) is 8.92. The van der Waals surface area contributed by atoms with Crippen molar-refractivity contribution in [2.75, 3.05) is 38.1 Å². The van der Waals surface area contributed by atoms with Crippen LogP contribution in [0.3, 0.4) is 0 Å². The number of carboxylic acids is 1. The molecule has 3 aliphatic rings. The third-order valence-corrected chi connectivity index (χ3v) is 8.79. The first kappa shape index (κ1) is 22.9. The lowest BCUT2D eigenvalue weighted by Crippen LogP contribution is -2.78. The number of anilines is 1. The maximum Gasteiger partial charge on any atom is 0.352 e. The number of amides is 2. The molecule has 2 amide bonds. The zero-order valence-electron chi connectivity index (χ0n) is 17.2. The molecule has 4 rings (SSSR count). The number of aromatic nitrogens is 1. The van der Waals surface area contributed by atoms with E-state index >= 15 is 0 Å². The molecule has 2 unspecified atom stereocenters. The Balaban J connectivity index is 1.63. The SMILES string of the molecule is CO/N=C(\C(=O)NC1(SC)C(=O)N2C(C(=O)O)=C(C3CCOC3)CS[C@H]21)c1csc(N)n1. The van der Waals surface area contributed by atoms with Gasteiger partial charge in [0.15, 0.2) is 15.7 Å². The van der Waals surface area contributed by atoms with Crippen LogP contribution in [0.2, 0.25) is 0 Å². The highest BCUT2D eigenvalue weighted by molar-refractivity contribution is 8.05. The van der Waals surface area contributed by atoms with E-state index in [0.717, 1.165) is 29.5 Å². The smallest absolute Gasteiger partial charge is 0.352 e. The Morgan fingerprint density at radius 3 is 2.88 bits per heavy atom. The topological polar surface area (TPSA) is 156 Å². The number of thioether (sulfide) groups is 2. The summed E-state index contributed by atoms with van der Waals surface area (Å²) in [6, 6.07) is 0. The molecule has 0 bridgehead atoms. The normalized spacial score (nSPS) is 27.8. The summed E-state index contributed by atoms with van der Waals surface area (Å²) in [4.78, 5) is 47.3. The van der Waals surface area contributed by atoms with Gasteiger partial charge in [-0.1, -0.05) is 5.16 Å². The number of hydrogen-bond donors (Lipinski definition) is 3. The fraction of sp³-hybridized carbons (Fsp3) is 0.500. The van der Waals surface area contributed by atoms with Crippen LogP contribution in [0.25, 0.3) is 0 Å². The van der Waals surface area contributed by atoms with Crippen LogP contribution >= 0.6 is 34.9 Å². The number of nitrogen functional groups attached to an aromatic ring is 1. The second-order valence-electron chi connectivity index (χ2n) is 7.17. The fourth-order valence-electron chi connectivity index (χ4n) is 3.94. The number of hydrogen-bond acceptors (Lipinski definition) is 11. The zero-order valence-corrected chi connectivity index (χ0v) is 19.6. The molecule has 1 aromatic rings. The highest BCUT2D eigenvalue weighted by atomic mass is 32.2. The van der Waals surface area contributed by atoms with Gasteiger partial charge >= 0.3 is 5.97 Å². The summed E-state index contributed by atoms with van der Waals surface area (Å²) in [5.41, 5.74) is 6.45. The Labute approximate surface area is 195 Å². The molecule has 2 saturated heterocycles. The molecular formula is C18H21N5O6S3. The monoisotopic (exact) mass is 499 g/mol. The van der Waals surface area contributed by atoms with Gasteiger partial charge in [-0.3, -0.25) is 14.5 Å². The standard InChI is InChI=1S/C18H21N5O6S3/c1-28-22-11(10-7-32-17(19)20-10)13(24)21-18(30-2)15(27)23-12(14(25)26)9(6-31-16(18)23)8-3-4-29-5-8/h7-8,16H,3-6H2,1-2H3,(H2,19,20)(H,21,24)(H,25,26)/b22-11-/t8?,16-,18?/m0/s1. The van der Waals surface area contributed by atoms with Gasteiger partial charge in [-0.15, -0.1) is 34.9 Å². The number of carboxylic acid groups (broad SMARTS) is 1. The van der Waals surface area contributed by atoms with Crippen LogP contribution in [0, 0.1) is 5.92 Å². The maximum atomic E-state index is 13.3. The highest BCUT2D eigenvalue weighted by Crippen LogP contribution is 2.52. The van der Waals surface area contributed by atoms with E-state index in [0.29, 0.717) is 24.5 Å². The van der Waals surface area contributed by atoms with Crippen LogP contribution in [0.15, 0.2) is 21.8 Å². The molecule has 3 atom stereocenters. The third-order valence-electron chi connectivity index (χ3n) is 5.47. The van der Waals surface area contributed by atoms with Gasteiger partial charge in [0.2, 0.25) is 0 Å². The van der Waals surface area contributed by atoms with Crippen LogP contribution in [0.4, 0.5) is 5.13 Å². The molecule has 11 nitrogen and oxygen atoms in total. The number of oxime groups is 1. The molecule has 1 aromatic heterocycles. The number of rotatable bonds is 7. The minimum atomic E-state index is -1.35. The first-order chi connectivity index (χ1) is 15.3. The molecule has 0 spiro atoms. The highest BCUT2D eigenvalue weighted by Gasteiger charge is 2.66. The minimum absolute atomic E-state index is 0.00812. The van der Waals surface area contributed by atoms with Gasteiger partial charge in [0, 0.05) is 23.7 Å². The summed E-state index contributed by atoms with van der Waals surface area (Å²) in [5.74, 6) is -1.93. The molecule has 172 valence electrons. The molecule has 0 aromatic carbocycles. The van der Waals surface area contributed by atoms with E-state index < -0.39 is 28.0 Å². The molecule has 2 fully saturated rings. The quantitative estimate of drug-likeness (QED) is 0.209. The summed E-state index contributed by atoms with van der Waals surface area (Å²) < 4.78 is 5.41. The van der Waals surface area contributed by atoms with Crippen molar-refractivity contribution in [3.8, 4) is 0 Å². The summed E-state index contributed by atoms with van der Waals surface area (Å²) in [6.07, 6.45) is 2.41. The van der Waals surface area contributed by atoms with E-state index in [4.69, 9.17) is 15.3 Å². The zero-order chi connectivity index (χ0) is 23.0. The third kappa shape index (κ3) is 3.64. The first-order valence-corrected chi connectivity index (χ1v) is 12.7. The van der Waals surface area contributed by atoms with Crippen LogP contribution in [-0.4, -0.2) is 81.1 Å². The van der Waals surface area contributed by atoms with Crippen molar-refractivity contribution in [2.45, 2.75) is 16.7 Å². The van der Waals surface area contributed by atoms with E-state index in [-0.39, 0.29) is 28.2 Å². The Morgan fingerprint density at radius 2 is 2.31 bits per heavy atom. The lowest BCUT2D eigenvalue weighted by molar-refractivity contribution is -0.152. The number of β-lactam (4-membered cyclic amide) rings is 1. The molecule has 4 N–H and O–H groups in total. The van der Waals surface area contributed by atoms with Gasteiger partial charge in [-0.05, 0) is 18.2 Å². The molecule has 0 saturated carbocycles. The van der Waals surface area contributed by atoms with Crippen molar-refractivity contribution < 1.29 is 29.1 Å². The molecule has 4 heterocycles. The van der Waals surface area contributed by atoms with Crippen molar-refractivity contribution in [1.29, 1.82) is 0 Å². The van der Waals surface area contributed by atoms with Crippen molar-refractivity contribution >= 4 is 63.5 Å². The van der Waals surface area contributed by atoms with Gasteiger partial charge in [0.05, 0.1) is 6.61 Å². The molecular weight excluding hydrogens is 478 g/mol. The summed E-state index contributed by atoms with van der Waals surface area (Å²) in [7, 11) is 1.29. The van der Waals surface area contributed by atoms with Gasteiger partial charge in [0.1, 0.15) is 23.9 Å². The molecule has 14 heteroatoms. The van der Waals surface area contributed by atoms with E-state index in [9.17, 15) is 19.5 Å². The average Bonchev–Trinajstić information content (AvgIpc) is 3.46. The van der Waals surface area contributed by atoms with Crippen LogP contribution in [0.5, 0.6) is 0 Å². The van der Waals surface area contributed by atoms with E-state index in [2.05, 4.69) is 15.5 Å². The Hall–Kier alpha value is -2.29. The Kier molecular flexibility index (Phi) is 6.38. The molecule has 0 aliphatic carbocycles. The predicted octanol–water partition coefficient (Wildman–Crippen LogP) is 0.542. The van der Waals surface area contributed by atoms with Crippen molar-refractivity contribution in [3.63, 3.8) is 0 Å². The largest absolute Gasteiger partial charge is 0.477 e. The summed E-state index contributed by atoms with van der Waals surface area (Å²) >= 11 is 3.70. The Morgan fingerprint density at radius 1 is 1.53 bits per heavy atom. The lowest BCUT2D eigenvalue weighted by atomic mass is 9.93. The number of nitrogens with two attached hydrogens (primary N) is 1. The number of carbonyl (C=O) groups is 3. The number of ether oxygens (including phenoxy) is 1. The summed E-state index contributed by atoms with van der Waals surface area (Å²) in [5, 5.41) is 17.6. The van der Waals surface area contributed by atoms with E-state index in [1.54, 1.807) is 11.6 Å².